The average molecular weight is 449 g/mol. The van der Waals surface area contributed by atoms with Gasteiger partial charge in [-0.2, -0.15) is 0 Å². The van der Waals surface area contributed by atoms with Gasteiger partial charge in [-0.1, -0.05) is 24.3 Å². The fraction of sp³-hybridized carbons (Fsp3) is 0.360. The number of hydrogen-bond acceptors (Lipinski definition) is 5. The van der Waals surface area contributed by atoms with Gasteiger partial charge in [0.05, 0.1) is 6.04 Å². The summed E-state index contributed by atoms with van der Waals surface area (Å²) in [5.41, 5.74) is 3.86. The minimum Gasteiger partial charge on any atom is -0.346 e. The number of piperidine rings is 1. The molecule has 33 heavy (non-hydrogen) atoms. The lowest BCUT2D eigenvalue weighted by Gasteiger charge is -2.29. The first kappa shape index (κ1) is 22.7. The number of benzene rings is 2. The van der Waals surface area contributed by atoms with Crippen LogP contribution in [0.5, 0.6) is 0 Å². The highest BCUT2D eigenvalue weighted by atomic mass is 16.2. The molecule has 2 aliphatic heterocycles. The van der Waals surface area contributed by atoms with Crippen LogP contribution in [0, 0.1) is 0 Å². The summed E-state index contributed by atoms with van der Waals surface area (Å²) in [4.78, 5) is 52.9. The molecule has 2 heterocycles. The summed E-state index contributed by atoms with van der Waals surface area (Å²) in [6.45, 7) is 3.02. The zero-order valence-electron chi connectivity index (χ0n) is 19.1. The summed E-state index contributed by atoms with van der Waals surface area (Å²) in [6, 6.07) is 12.3. The molecule has 0 saturated carbocycles. The van der Waals surface area contributed by atoms with Crippen LogP contribution in [0.1, 0.15) is 63.2 Å². The first-order valence-electron chi connectivity index (χ1n) is 11.0. The first-order chi connectivity index (χ1) is 15.7. The van der Waals surface area contributed by atoms with E-state index in [-0.39, 0.29) is 36.7 Å². The van der Waals surface area contributed by atoms with Crippen LogP contribution < -0.4 is 10.6 Å². The van der Waals surface area contributed by atoms with E-state index < -0.39 is 11.9 Å². The van der Waals surface area contributed by atoms with Gasteiger partial charge in [0.25, 0.3) is 11.8 Å². The van der Waals surface area contributed by atoms with E-state index in [0.29, 0.717) is 23.1 Å². The lowest BCUT2D eigenvalue weighted by Crippen LogP contribution is -2.52. The summed E-state index contributed by atoms with van der Waals surface area (Å²) < 4.78 is 0. The van der Waals surface area contributed by atoms with Gasteiger partial charge in [-0.05, 0) is 62.3 Å². The predicted octanol–water partition coefficient (Wildman–Crippen LogP) is 2.00. The van der Waals surface area contributed by atoms with Crippen LogP contribution in [-0.2, 0) is 22.7 Å². The summed E-state index contributed by atoms with van der Waals surface area (Å²) in [6.07, 6.45) is 0.515. The van der Waals surface area contributed by atoms with Crippen molar-refractivity contribution in [1.82, 2.24) is 20.4 Å². The minimum atomic E-state index is -0.671. The standard InChI is InChI=1S/C25H28N4O4/c1-15(17-6-4-16(5-7-17)13-28(2)3)26-23(31)18-8-9-20-19(12-18)14-29(25(20)33)21-10-11-22(30)27-24(21)32/h4-9,12,15,21H,10-11,13-14H2,1-3H3,(H,26,31)(H,27,30,32)/t15-,21?/m0/s1. The van der Waals surface area contributed by atoms with Gasteiger partial charge in [-0.15, -0.1) is 0 Å². The zero-order chi connectivity index (χ0) is 23.7. The summed E-state index contributed by atoms with van der Waals surface area (Å²) in [5.74, 6) is -1.25. The van der Waals surface area contributed by atoms with Gasteiger partial charge in [0.2, 0.25) is 11.8 Å². The quantitative estimate of drug-likeness (QED) is 0.659. The Kier molecular flexibility index (Phi) is 6.29. The van der Waals surface area contributed by atoms with Gasteiger partial charge in [-0.3, -0.25) is 24.5 Å². The number of amides is 4. The second-order valence-electron chi connectivity index (χ2n) is 8.95. The third-order valence-corrected chi connectivity index (χ3v) is 6.11. The van der Waals surface area contributed by atoms with Crippen molar-refractivity contribution in [2.75, 3.05) is 14.1 Å². The Hall–Kier alpha value is -3.52. The van der Waals surface area contributed by atoms with Crippen LogP contribution in [-0.4, -0.2) is 53.6 Å². The molecule has 2 aromatic rings. The summed E-state index contributed by atoms with van der Waals surface area (Å²) >= 11 is 0. The molecule has 0 bridgehead atoms. The lowest BCUT2D eigenvalue weighted by atomic mass is 10.0. The highest BCUT2D eigenvalue weighted by molar-refractivity contribution is 6.06. The highest BCUT2D eigenvalue weighted by Gasteiger charge is 2.39. The summed E-state index contributed by atoms with van der Waals surface area (Å²) in [5, 5.41) is 5.31. The second kappa shape index (κ2) is 9.15. The molecule has 2 atom stereocenters. The molecule has 2 aromatic carbocycles. The molecule has 2 aliphatic rings. The van der Waals surface area contributed by atoms with Crippen molar-refractivity contribution in [2.45, 2.75) is 44.9 Å². The minimum absolute atomic E-state index is 0.180. The SMILES string of the molecule is C[C@H](NC(=O)c1ccc2c(c1)CN(C1CCC(=O)NC1=O)C2=O)c1ccc(CN(C)C)cc1. The van der Waals surface area contributed by atoms with E-state index in [0.717, 1.165) is 12.1 Å². The molecule has 0 aliphatic carbocycles. The molecule has 8 heteroatoms. The van der Waals surface area contributed by atoms with Crippen molar-refractivity contribution in [2.24, 2.45) is 0 Å². The van der Waals surface area contributed by atoms with Gasteiger partial charge in [-0.25, -0.2) is 0 Å². The number of hydrogen-bond donors (Lipinski definition) is 2. The zero-order valence-corrected chi connectivity index (χ0v) is 19.1. The van der Waals surface area contributed by atoms with E-state index in [2.05, 4.69) is 27.7 Å². The van der Waals surface area contributed by atoms with Crippen LogP contribution in [0.3, 0.4) is 0 Å². The molecule has 1 fully saturated rings. The van der Waals surface area contributed by atoms with Crippen molar-refractivity contribution in [1.29, 1.82) is 0 Å². The van der Waals surface area contributed by atoms with Crippen LogP contribution in [0.2, 0.25) is 0 Å². The molecule has 0 spiro atoms. The summed E-state index contributed by atoms with van der Waals surface area (Å²) in [7, 11) is 4.04. The molecule has 0 aromatic heterocycles. The van der Waals surface area contributed by atoms with Crippen molar-refractivity contribution in [3.63, 3.8) is 0 Å². The van der Waals surface area contributed by atoms with E-state index in [1.54, 1.807) is 18.2 Å². The van der Waals surface area contributed by atoms with Gasteiger partial charge in [0.1, 0.15) is 6.04 Å². The van der Waals surface area contributed by atoms with Crippen LogP contribution in [0.4, 0.5) is 0 Å². The molecule has 4 rings (SSSR count). The van der Waals surface area contributed by atoms with Crippen LogP contribution in [0.15, 0.2) is 42.5 Å². The van der Waals surface area contributed by atoms with Gasteiger partial charge in [0, 0.05) is 30.6 Å². The molecule has 0 radical (unpaired) electrons. The largest absolute Gasteiger partial charge is 0.346 e. The maximum Gasteiger partial charge on any atom is 0.255 e. The maximum atomic E-state index is 12.9. The van der Waals surface area contributed by atoms with Crippen LogP contribution in [0.25, 0.3) is 0 Å². The van der Waals surface area contributed by atoms with Crippen molar-refractivity contribution < 1.29 is 19.2 Å². The van der Waals surface area contributed by atoms with Gasteiger partial charge in [0.15, 0.2) is 0 Å². The van der Waals surface area contributed by atoms with E-state index in [1.165, 1.54) is 10.5 Å². The number of fused-ring (bicyclic) bond motifs is 1. The number of nitrogens with one attached hydrogen (secondary N) is 2. The van der Waals surface area contributed by atoms with Gasteiger partial charge >= 0.3 is 0 Å². The Morgan fingerprint density at radius 2 is 1.88 bits per heavy atom. The number of carbonyl (C=O) groups is 4. The average Bonchev–Trinajstić information content (AvgIpc) is 3.09. The fourth-order valence-corrected chi connectivity index (χ4v) is 4.36. The Bertz CT molecular complexity index is 1110. The molecular formula is C25H28N4O4. The monoisotopic (exact) mass is 448 g/mol. The normalized spacial score (nSPS) is 18.8. The second-order valence-corrected chi connectivity index (χ2v) is 8.95. The third kappa shape index (κ3) is 4.80. The number of imide groups is 1. The van der Waals surface area contributed by atoms with E-state index in [9.17, 15) is 19.2 Å². The maximum absolute atomic E-state index is 12.9. The predicted molar refractivity (Wildman–Crippen MR) is 122 cm³/mol. The van der Waals surface area contributed by atoms with E-state index in [4.69, 9.17) is 0 Å². The molecule has 1 saturated heterocycles. The lowest BCUT2D eigenvalue weighted by molar-refractivity contribution is -0.136. The topological polar surface area (TPSA) is 98.8 Å². The molecule has 1 unspecified atom stereocenters. The molecule has 172 valence electrons. The van der Waals surface area contributed by atoms with E-state index >= 15 is 0 Å². The Morgan fingerprint density at radius 1 is 1.15 bits per heavy atom. The van der Waals surface area contributed by atoms with Crippen molar-refractivity contribution in [3.05, 3.63) is 70.3 Å². The Labute approximate surface area is 192 Å². The van der Waals surface area contributed by atoms with Gasteiger partial charge < -0.3 is 15.1 Å². The number of nitrogens with zero attached hydrogens (tertiary/aromatic N) is 2. The van der Waals surface area contributed by atoms with Crippen molar-refractivity contribution >= 4 is 23.6 Å². The molecular weight excluding hydrogens is 420 g/mol. The molecule has 2 N–H and O–H groups in total. The smallest absolute Gasteiger partial charge is 0.255 e. The number of carbonyl (C=O) groups excluding carboxylic acids is 4. The number of rotatable bonds is 6. The highest BCUT2D eigenvalue weighted by Crippen LogP contribution is 2.28. The van der Waals surface area contributed by atoms with E-state index in [1.807, 2.05) is 33.2 Å². The Balaban J connectivity index is 1.43. The molecule has 4 amide bonds. The van der Waals surface area contributed by atoms with Crippen LogP contribution >= 0.6 is 0 Å². The third-order valence-electron chi connectivity index (χ3n) is 6.11. The fourth-order valence-electron chi connectivity index (χ4n) is 4.36. The molecule has 8 nitrogen and oxygen atoms in total. The van der Waals surface area contributed by atoms with Crippen molar-refractivity contribution in [3.8, 4) is 0 Å². The first-order valence-corrected chi connectivity index (χ1v) is 11.0. The Morgan fingerprint density at radius 3 is 2.55 bits per heavy atom.